The van der Waals surface area contributed by atoms with Crippen molar-refractivity contribution >= 4 is 34.5 Å². The van der Waals surface area contributed by atoms with Crippen molar-refractivity contribution in [1.29, 1.82) is 0 Å². The maximum Gasteiger partial charge on any atom is 0.308 e. The largest absolute Gasteiger partial charge is 0.325 e. The Morgan fingerprint density at radius 2 is 2.00 bits per heavy atom. The molecule has 0 aliphatic carbocycles. The lowest BCUT2D eigenvalue weighted by Crippen LogP contribution is -2.34. The third kappa shape index (κ3) is 3.37. The summed E-state index contributed by atoms with van der Waals surface area (Å²) in [4.78, 5) is 38.7. The van der Waals surface area contributed by atoms with Gasteiger partial charge >= 0.3 is 4.87 Å². The zero-order valence-corrected chi connectivity index (χ0v) is 15.4. The van der Waals surface area contributed by atoms with Crippen LogP contribution >= 0.6 is 11.3 Å². The van der Waals surface area contributed by atoms with Crippen LogP contribution in [0.3, 0.4) is 0 Å². The molecule has 0 unspecified atom stereocenters. The minimum Gasteiger partial charge on any atom is -0.325 e. The van der Waals surface area contributed by atoms with Crippen LogP contribution in [0.4, 0.5) is 11.4 Å². The molecule has 0 spiro atoms. The summed E-state index contributed by atoms with van der Waals surface area (Å²) in [5.41, 5.74) is 3.48. The smallest absolute Gasteiger partial charge is 0.308 e. The Balaban J connectivity index is 1.76. The van der Waals surface area contributed by atoms with Gasteiger partial charge in [-0.05, 0) is 51.0 Å². The molecule has 2 aromatic rings. The summed E-state index contributed by atoms with van der Waals surface area (Å²) in [5.74, 6) is -0.100. The Bertz CT molecular complexity index is 897. The molecule has 2 amide bonds. The third-order valence-corrected chi connectivity index (χ3v) is 5.55. The number of anilines is 2. The SMILES string of the molecule is CCN1C(=O)CCc2cc(NC(=O)Cn3c(C)c(C)sc3=O)ccc21. The first-order valence-electron chi connectivity index (χ1n) is 8.30. The maximum atomic E-state index is 12.3. The lowest BCUT2D eigenvalue weighted by atomic mass is 10.0. The number of rotatable bonds is 4. The Kier molecular flexibility index (Phi) is 4.76. The normalized spacial score (nSPS) is 13.7. The molecule has 6 nitrogen and oxygen atoms in total. The summed E-state index contributed by atoms with van der Waals surface area (Å²) >= 11 is 1.16. The lowest BCUT2D eigenvalue weighted by molar-refractivity contribution is -0.119. The fourth-order valence-electron chi connectivity index (χ4n) is 3.10. The van der Waals surface area contributed by atoms with E-state index in [0.29, 0.717) is 25.1 Å². The van der Waals surface area contributed by atoms with Gasteiger partial charge in [0.2, 0.25) is 11.8 Å². The molecule has 7 heteroatoms. The number of benzene rings is 1. The molecule has 1 N–H and O–H groups in total. The lowest BCUT2D eigenvalue weighted by Gasteiger charge is -2.28. The first kappa shape index (κ1) is 17.4. The van der Waals surface area contributed by atoms with Gasteiger partial charge in [-0.1, -0.05) is 11.3 Å². The second-order valence-electron chi connectivity index (χ2n) is 6.13. The van der Waals surface area contributed by atoms with Gasteiger partial charge in [0.1, 0.15) is 6.54 Å². The Morgan fingerprint density at radius 3 is 2.64 bits per heavy atom. The molecule has 3 rings (SSSR count). The predicted octanol–water partition coefficient (Wildman–Crippen LogP) is 2.46. The fourth-order valence-corrected chi connectivity index (χ4v) is 3.93. The second kappa shape index (κ2) is 6.84. The number of aromatic nitrogens is 1. The number of hydrogen-bond donors (Lipinski definition) is 1. The average molecular weight is 359 g/mol. The van der Waals surface area contributed by atoms with Gasteiger partial charge in [-0.15, -0.1) is 0 Å². The quantitative estimate of drug-likeness (QED) is 0.911. The molecular formula is C18H21N3O3S. The van der Waals surface area contributed by atoms with Crippen LogP contribution in [0.25, 0.3) is 0 Å². The van der Waals surface area contributed by atoms with Crippen LogP contribution in [-0.2, 0) is 22.6 Å². The summed E-state index contributed by atoms with van der Waals surface area (Å²) in [7, 11) is 0. The molecule has 25 heavy (non-hydrogen) atoms. The van der Waals surface area contributed by atoms with E-state index in [4.69, 9.17) is 0 Å². The second-order valence-corrected chi connectivity index (χ2v) is 7.29. The maximum absolute atomic E-state index is 12.3. The number of fused-ring (bicyclic) bond motifs is 1. The van der Waals surface area contributed by atoms with E-state index in [2.05, 4.69) is 5.32 Å². The number of nitrogens with zero attached hydrogens (tertiary/aromatic N) is 2. The van der Waals surface area contributed by atoms with Gasteiger partial charge < -0.3 is 10.2 Å². The summed E-state index contributed by atoms with van der Waals surface area (Å²) < 4.78 is 1.49. The van der Waals surface area contributed by atoms with Crippen molar-refractivity contribution in [2.24, 2.45) is 0 Å². The van der Waals surface area contributed by atoms with Crippen molar-refractivity contribution in [2.75, 3.05) is 16.8 Å². The molecular weight excluding hydrogens is 338 g/mol. The first-order chi connectivity index (χ1) is 11.9. The molecule has 1 aromatic carbocycles. The van der Waals surface area contributed by atoms with Gasteiger partial charge in [0.15, 0.2) is 0 Å². The minimum absolute atomic E-state index is 0.00562. The standard InChI is InChI=1S/C18H21N3O3S/c1-4-20-15-7-6-14(9-13(15)5-8-17(20)23)19-16(22)10-21-11(2)12(3)25-18(21)24/h6-7,9H,4-5,8,10H2,1-3H3,(H,19,22). The van der Waals surface area contributed by atoms with Gasteiger partial charge in [-0.3, -0.25) is 19.0 Å². The molecule has 2 heterocycles. The number of aryl methyl sites for hydroxylation is 2. The highest BCUT2D eigenvalue weighted by molar-refractivity contribution is 7.09. The number of nitrogens with one attached hydrogen (secondary N) is 1. The minimum atomic E-state index is -0.234. The van der Waals surface area contributed by atoms with Gasteiger partial charge in [0.25, 0.3) is 0 Å². The molecule has 0 saturated carbocycles. The Morgan fingerprint density at radius 1 is 1.24 bits per heavy atom. The molecule has 0 bridgehead atoms. The summed E-state index contributed by atoms with van der Waals surface area (Å²) in [6, 6.07) is 5.58. The van der Waals surface area contributed by atoms with E-state index in [1.807, 2.05) is 32.9 Å². The summed E-state index contributed by atoms with van der Waals surface area (Å²) in [5, 5.41) is 2.85. The number of thiazole rings is 1. The first-order valence-corrected chi connectivity index (χ1v) is 9.12. The van der Waals surface area contributed by atoms with Gasteiger partial charge in [-0.2, -0.15) is 0 Å². The van der Waals surface area contributed by atoms with Crippen molar-refractivity contribution < 1.29 is 9.59 Å². The van der Waals surface area contributed by atoms with Gasteiger partial charge in [-0.25, -0.2) is 0 Å². The predicted molar refractivity (Wildman–Crippen MR) is 99.5 cm³/mol. The van der Waals surface area contributed by atoms with Crippen molar-refractivity contribution in [3.8, 4) is 0 Å². The zero-order valence-electron chi connectivity index (χ0n) is 14.6. The van der Waals surface area contributed by atoms with Crippen LogP contribution in [-0.4, -0.2) is 22.9 Å². The molecule has 1 aliphatic rings. The van der Waals surface area contributed by atoms with E-state index >= 15 is 0 Å². The van der Waals surface area contributed by atoms with Crippen molar-refractivity contribution in [3.05, 3.63) is 44.0 Å². The average Bonchev–Trinajstić information content (AvgIpc) is 2.81. The topological polar surface area (TPSA) is 71.4 Å². The van der Waals surface area contributed by atoms with Crippen LogP contribution < -0.4 is 15.1 Å². The zero-order chi connectivity index (χ0) is 18.1. The highest BCUT2D eigenvalue weighted by Gasteiger charge is 2.23. The summed E-state index contributed by atoms with van der Waals surface area (Å²) in [6.45, 7) is 6.31. The van der Waals surface area contributed by atoms with E-state index in [1.165, 1.54) is 4.57 Å². The summed E-state index contributed by atoms with van der Waals surface area (Å²) in [6.07, 6.45) is 1.16. The number of carbonyl (C=O) groups excluding carboxylic acids is 2. The Labute approximate surface area is 150 Å². The highest BCUT2D eigenvalue weighted by atomic mass is 32.1. The number of hydrogen-bond acceptors (Lipinski definition) is 4. The Hall–Kier alpha value is -2.41. The monoisotopic (exact) mass is 359 g/mol. The molecule has 0 radical (unpaired) electrons. The van der Waals surface area contributed by atoms with E-state index in [-0.39, 0.29) is 23.2 Å². The van der Waals surface area contributed by atoms with Crippen molar-refractivity contribution in [2.45, 2.75) is 40.2 Å². The number of carbonyl (C=O) groups is 2. The molecule has 0 atom stereocenters. The van der Waals surface area contributed by atoms with E-state index in [9.17, 15) is 14.4 Å². The molecule has 1 aromatic heterocycles. The van der Waals surface area contributed by atoms with Crippen LogP contribution in [0.1, 0.15) is 29.5 Å². The highest BCUT2D eigenvalue weighted by Crippen LogP contribution is 2.30. The van der Waals surface area contributed by atoms with Crippen molar-refractivity contribution in [3.63, 3.8) is 0 Å². The van der Waals surface area contributed by atoms with E-state index < -0.39 is 0 Å². The van der Waals surface area contributed by atoms with Crippen LogP contribution in [0.5, 0.6) is 0 Å². The molecule has 0 fully saturated rings. The molecule has 1 aliphatic heterocycles. The van der Waals surface area contributed by atoms with Crippen LogP contribution in [0, 0.1) is 13.8 Å². The third-order valence-electron chi connectivity index (χ3n) is 4.56. The van der Waals surface area contributed by atoms with E-state index in [0.717, 1.165) is 33.2 Å². The van der Waals surface area contributed by atoms with Gasteiger partial charge in [0.05, 0.1) is 0 Å². The van der Waals surface area contributed by atoms with Crippen LogP contribution in [0.15, 0.2) is 23.0 Å². The molecule has 132 valence electrons. The molecule has 0 saturated heterocycles. The van der Waals surface area contributed by atoms with Gasteiger partial charge in [0, 0.05) is 34.9 Å². The fraction of sp³-hybridized carbons (Fsp3) is 0.389. The number of amides is 2. The van der Waals surface area contributed by atoms with Crippen LogP contribution in [0.2, 0.25) is 0 Å². The van der Waals surface area contributed by atoms with Crippen molar-refractivity contribution in [1.82, 2.24) is 4.57 Å². The van der Waals surface area contributed by atoms with E-state index in [1.54, 1.807) is 11.0 Å².